The van der Waals surface area contributed by atoms with E-state index in [2.05, 4.69) is 5.32 Å². The summed E-state index contributed by atoms with van der Waals surface area (Å²) in [5, 5.41) is 3.00. The molecule has 2 atom stereocenters. The molecule has 22 heavy (non-hydrogen) atoms. The fourth-order valence-electron chi connectivity index (χ4n) is 3.34. The van der Waals surface area contributed by atoms with Crippen LogP contribution < -0.4 is 15.8 Å². The molecule has 1 amide bonds. The summed E-state index contributed by atoms with van der Waals surface area (Å²) in [5.74, 6) is 0.989. The molecule has 2 aliphatic carbocycles. The second-order valence-electron chi connectivity index (χ2n) is 6.31. The maximum Gasteiger partial charge on any atom is 0.227 e. The van der Waals surface area contributed by atoms with Gasteiger partial charge in [-0.05, 0) is 57.1 Å². The van der Waals surface area contributed by atoms with Gasteiger partial charge in [-0.15, -0.1) is 12.4 Å². The van der Waals surface area contributed by atoms with Crippen LogP contribution >= 0.6 is 12.4 Å². The van der Waals surface area contributed by atoms with Crippen molar-refractivity contribution in [2.75, 3.05) is 5.32 Å². The number of nitrogens with two attached hydrogens (primary N) is 1. The minimum absolute atomic E-state index is 0. The monoisotopic (exact) mass is 324 g/mol. The Labute approximate surface area is 138 Å². The lowest BCUT2D eigenvalue weighted by atomic mass is 10.1. The third kappa shape index (κ3) is 4.37. The summed E-state index contributed by atoms with van der Waals surface area (Å²) >= 11 is 0. The van der Waals surface area contributed by atoms with Gasteiger partial charge >= 0.3 is 0 Å². The van der Waals surface area contributed by atoms with Gasteiger partial charge in [-0.2, -0.15) is 0 Å². The van der Waals surface area contributed by atoms with E-state index in [-0.39, 0.29) is 30.3 Å². The molecule has 2 saturated carbocycles. The number of ether oxygens (including phenoxy) is 1. The maximum absolute atomic E-state index is 12.2. The van der Waals surface area contributed by atoms with E-state index in [0.717, 1.165) is 43.5 Å². The van der Waals surface area contributed by atoms with Crippen molar-refractivity contribution in [3.63, 3.8) is 0 Å². The van der Waals surface area contributed by atoms with Crippen LogP contribution in [0.15, 0.2) is 24.3 Å². The molecular formula is C17H25ClN2O2. The summed E-state index contributed by atoms with van der Waals surface area (Å²) in [6.45, 7) is 0. The minimum atomic E-state index is 0. The molecule has 5 heteroatoms. The molecule has 0 heterocycles. The molecule has 2 aliphatic rings. The number of nitrogens with one attached hydrogen (secondary N) is 1. The second kappa shape index (κ2) is 7.84. The topological polar surface area (TPSA) is 64.4 Å². The van der Waals surface area contributed by atoms with Gasteiger partial charge in [0, 0.05) is 23.7 Å². The van der Waals surface area contributed by atoms with Gasteiger partial charge in [-0.1, -0.05) is 6.07 Å². The zero-order chi connectivity index (χ0) is 14.7. The average Bonchev–Trinajstić information content (AvgIpc) is 3.11. The van der Waals surface area contributed by atoms with Gasteiger partial charge in [0.15, 0.2) is 0 Å². The zero-order valence-electron chi connectivity index (χ0n) is 12.8. The molecule has 1 aromatic rings. The lowest BCUT2D eigenvalue weighted by molar-refractivity contribution is -0.119. The smallest absolute Gasteiger partial charge is 0.227 e. The number of anilines is 1. The van der Waals surface area contributed by atoms with E-state index < -0.39 is 0 Å². The van der Waals surface area contributed by atoms with E-state index in [4.69, 9.17) is 10.5 Å². The van der Waals surface area contributed by atoms with Crippen molar-refractivity contribution in [2.45, 2.75) is 57.1 Å². The first kappa shape index (κ1) is 17.1. The van der Waals surface area contributed by atoms with Crippen LogP contribution in [0.5, 0.6) is 5.75 Å². The summed E-state index contributed by atoms with van der Waals surface area (Å²) in [5.41, 5.74) is 6.69. The highest BCUT2D eigenvalue weighted by atomic mass is 35.5. The number of rotatable bonds is 4. The highest BCUT2D eigenvalue weighted by molar-refractivity contribution is 5.92. The van der Waals surface area contributed by atoms with Crippen LogP contribution in [0.2, 0.25) is 0 Å². The van der Waals surface area contributed by atoms with E-state index in [1.165, 1.54) is 12.8 Å². The van der Waals surface area contributed by atoms with Crippen molar-refractivity contribution in [1.29, 1.82) is 0 Å². The maximum atomic E-state index is 12.2. The van der Waals surface area contributed by atoms with Crippen LogP contribution in [0.3, 0.4) is 0 Å². The lowest BCUT2D eigenvalue weighted by Gasteiger charge is -2.15. The van der Waals surface area contributed by atoms with Gasteiger partial charge in [0.25, 0.3) is 0 Å². The number of hydrogen-bond donors (Lipinski definition) is 2. The first-order valence-corrected chi connectivity index (χ1v) is 8.04. The highest BCUT2D eigenvalue weighted by Gasteiger charge is 2.27. The van der Waals surface area contributed by atoms with Gasteiger partial charge in [0.05, 0.1) is 6.10 Å². The third-order valence-corrected chi connectivity index (χ3v) is 4.55. The van der Waals surface area contributed by atoms with Crippen molar-refractivity contribution in [3.8, 4) is 5.75 Å². The van der Waals surface area contributed by atoms with Gasteiger partial charge in [-0.25, -0.2) is 0 Å². The van der Waals surface area contributed by atoms with Crippen molar-refractivity contribution in [2.24, 2.45) is 11.7 Å². The zero-order valence-corrected chi connectivity index (χ0v) is 13.6. The van der Waals surface area contributed by atoms with E-state index in [1.807, 2.05) is 24.3 Å². The summed E-state index contributed by atoms with van der Waals surface area (Å²) in [4.78, 5) is 12.2. The fourth-order valence-corrected chi connectivity index (χ4v) is 3.34. The molecule has 2 unspecified atom stereocenters. The molecule has 122 valence electrons. The molecule has 4 nitrogen and oxygen atoms in total. The Morgan fingerprint density at radius 3 is 2.64 bits per heavy atom. The van der Waals surface area contributed by atoms with Crippen LogP contribution in [0.4, 0.5) is 5.69 Å². The predicted molar refractivity (Wildman–Crippen MR) is 90.5 cm³/mol. The number of amides is 1. The lowest BCUT2D eigenvalue weighted by Crippen LogP contribution is -2.23. The van der Waals surface area contributed by atoms with Crippen molar-refractivity contribution in [1.82, 2.24) is 0 Å². The Balaban J connectivity index is 0.00000176. The number of halogens is 1. The number of hydrogen-bond acceptors (Lipinski definition) is 3. The Hall–Kier alpha value is -1.26. The van der Waals surface area contributed by atoms with Crippen LogP contribution in [-0.4, -0.2) is 18.1 Å². The Morgan fingerprint density at radius 2 is 1.95 bits per heavy atom. The molecule has 2 fully saturated rings. The SMILES string of the molecule is Cl.NC1CCC(C(=O)Nc2cccc(OC3CCCC3)c2)C1. The normalized spacial score (nSPS) is 24.8. The van der Waals surface area contributed by atoms with Crippen LogP contribution in [0.1, 0.15) is 44.9 Å². The minimum Gasteiger partial charge on any atom is -0.490 e. The van der Waals surface area contributed by atoms with Crippen molar-refractivity contribution < 1.29 is 9.53 Å². The van der Waals surface area contributed by atoms with E-state index >= 15 is 0 Å². The fraction of sp³-hybridized carbons (Fsp3) is 0.588. The predicted octanol–water partition coefficient (Wildman–Crippen LogP) is 3.50. The highest BCUT2D eigenvalue weighted by Crippen LogP contribution is 2.28. The molecule has 0 bridgehead atoms. The molecule has 0 aromatic heterocycles. The molecule has 0 radical (unpaired) electrons. The number of carbonyl (C=O) groups is 1. The Morgan fingerprint density at radius 1 is 1.18 bits per heavy atom. The van der Waals surface area contributed by atoms with Crippen molar-refractivity contribution in [3.05, 3.63) is 24.3 Å². The van der Waals surface area contributed by atoms with Gasteiger partial charge in [0.2, 0.25) is 5.91 Å². The summed E-state index contributed by atoms with van der Waals surface area (Å²) in [6, 6.07) is 7.90. The third-order valence-electron chi connectivity index (χ3n) is 4.55. The summed E-state index contributed by atoms with van der Waals surface area (Å²) in [7, 11) is 0. The van der Waals surface area contributed by atoms with Gasteiger partial charge in [-0.3, -0.25) is 4.79 Å². The average molecular weight is 325 g/mol. The van der Waals surface area contributed by atoms with Crippen molar-refractivity contribution >= 4 is 24.0 Å². The molecule has 0 aliphatic heterocycles. The van der Waals surface area contributed by atoms with Crippen LogP contribution in [-0.2, 0) is 4.79 Å². The quantitative estimate of drug-likeness (QED) is 0.891. The molecule has 3 rings (SSSR count). The van der Waals surface area contributed by atoms with Gasteiger partial charge in [0.1, 0.15) is 5.75 Å². The largest absolute Gasteiger partial charge is 0.490 e. The molecule has 0 saturated heterocycles. The van der Waals surface area contributed by atoms with Crippen LogP contribution in [0.25, 0.3) is 0 Å². The Bertz CT molecular complexity index is 503. The second-order valence-corrected chi connectivity index (χ2v) is 6.31. The molecule has 0 spiro atoms. The standard InChI is InChI=1S/C17H24N2O2.ClH/c18-13-9-8-12(10-13)17(20)19-14-4-3-7-16(11-14)21-15-5-1-2-6-15;/h3-4,7,11-13,15H,1-2,5-6,8-10,18H2,(H,19,20);1H. The first-order valence-electron chi connectivity index (χ1n) is 8.04. The Kier molecular flexibility index (Phi) is 6.09. The molecular weight excluding hydrogens is 300 g/mol. The number of carbonyl (C=O) groups excluding carboxylic acids is 1. The first-order chi connectivity index (χ1) is 10.2. The number of benzene rings is 1. The molecule has 3 N–H and O–H groups in total. The van der Waals surface area contributed by atoms with E-state index in [9.17, 15) is 4.79 Å². The van der Waals surface area contributed by atoms with Crippen LogP contribution in [0, 0.1) is 5.92 Å². The molecule has 1 aromatic carbocycles. The summed E-state index contributed by atoms with van der Waals surface area (Å²) in [6.07, 6.45) is 7.75. The van der Waals surface area contributed by atoms with E-state index in [1.54, 1.807) is 0 Å². The summed E-state index contributed by atoms with van der Waals surface area (Å²) < 4.78 is 5.97. The van der Waals surface area contributed by atoms with Gasteiger partial charge < -0.3 is 15.8 Å². The van der Waals surface area contributed by atoms with E-state index in [0.29, 0.717) is 6.10 Å².